The summed E-state index contributed by atoms with van der Waals surface area (Å²) in [4.78, 5) is 23.4. The van der Waals surface area contributed by atoms with Gasteiger partial charge in [-0.3, -0.25) is 9.36 Å². The summed E-state index contributed by atoms with van der Waals surface area (Å²) < 4.78 is 12.6. The van der Waals surface area contributed by atoms with Crippen molar-refractivity contribution in [3.05, 3.63) is 12.7 Å². The zero-order valence-electron chi connectivity index (χ0n) is 11.3. The highest BCUT2D eigenvalue weighted by Crippen LogP contribution is 2.33. The van der Waals surface area contributed by atoms with Gasteiger partial charge < -0.3 is 20.3 Å². The zero-order chi connectivity index (χ0) is 15.0. The van der Waals surface area contributed by atoms with Gasteiger partial charge in [-0.1, -0.05) is 0 Å². The lowest BCUT2D eigenvalue weighted by atomic mass is 10.2. The van der Waals surface area contributed by atoms with Crippen LogP contribution in [0.25, 0.3) is 11.2 Å². The van der Waals surface area contributed by atoms with E-state index in [1.807, 2.05) is 0 Å². The Hall–Kier alpha value is -2.26. The SMILES string of the molecule is CC(=O)OC1C[C@@H](CO)O[C@H]1n1cnc2c(N)ncnc21. The van der Waals surface area contributed by atoms with Gasteiger partial charge in [0, 0.05) is 13.3 Å². The summed E-state index contributed by atoms with van der Waals surface area (Å²) in [5.74, 6) is -0.148. The summed E-state index contributed by atoms with van der Waals surface area (Å²) in [5, 5.41) is 9.25. The predicted octanol–water partition coefficient (Wildman–Crippen LogP) is -0.380. The molecule has 0 radical (unpaired) electrons. The van der Waals surface area contributed by atoms with Crippen LogP contribution in [0.1, 0.15) is 19.6 Å². The number of aliphatic hydroxyl groups is 1. The topological polar surface area (TPSA) is 125 Å². The quantitative estimate of drug-likeness (QED) is 0.733. The van der Waals surface area contributed by atoms with E-state index in [4.69, 9.17) is 15.2 Å². The van der Waals surface area contributed by atoms with Gasteiger partial charge in [-0.2, -0.15) is 0 Å². The number of nitrogens with zero attached hydrogens (tertiary/aromatic N) is 4. The number of anilines is 1. The number of ether oxygens (including phenoxy) is 2. The van der Waals surface area contributed by atoms with E-state index in [1.54, 1.807) is 4.57 Å². The molecule has 0 saturated carbocycles. The van der Waals surface area contributed by atoms with Crippen molar-refractivity contribution in [1.29, 1.82) is 0 Å². The number of hydrogen-bond donors (Lipinski definition) is 2. The lowest BCUT2D eigenvalue weighted by Gasteiger charge is -2.19. The van der Waals surface area contributed by atoms with Crippen molar-refractivity contribution in [2.45, 2.75) is 31.8 Å². The van der Waals surface area contributed by atoms with Crippen LogP contribution >= 0.6 is 0 Å². The first-order chi connectivity index (χ1) is 10.1. The van der Waals surface area contributed by atoms with Crippen molar-refractivity contribution in [1.82, 2.24) is 19.5 Å². The number of nitrogen functional groups attached to an aromatic ring is 1. The number of hydrogen-bond acceptors (Lipinski definition) is 8. The number of carbonyl (C=O) groups excluding carboxylic acids is 1. The molecule has 2 aromatic heterocycles. The Labute approximate surface area is 119 Å². The summed E-state index contributed by atoms with van der Waals surface area (Å²) >= 11 is 0. The van der Waals surface area contributed by atoms with Crippen molar-refractivity contribution in [3.63, 3.8) is 0 Å². The molecule has 3 heterocycles. The molecule has 0 bridgehead atoms. The highest BCUT2D eigenvalue weighted by molar-refractivity contribution is 5.81. The van der Waals surface area contributed by atoms with E-state index in [2.05, 4.69) is 15.0 Å². The Balaban J connectivity index is 1.99. The molecule has 9 heteroatoms. The minimum Gasteiger partial charge on any atom is -0.458 e. The third kappa shape index (κ3) is 2.41. The molecule has 2 aromatic rings. The van der Waals surface area contributed by atoms with Gasteiger partial charge in [-0.05, 0) is 0 Å². The molecule has 112 valence electrons. The fourth-order valence-electron chi connectivity index (χ4n) is 2.45. The highest BCUT2D eigenvalue weighted by atomic mass is 16.6. The molecule has 0 amide bonds. The second kappa shape index (κ2) is 5.26. The largest absolute Gasteiger partial charge is 0.458 e. The molecule has 1 aliphatic rings. The lowest BCUT2D eigenvalue weighted by Crippen LogP contribution is -2.24. The van der Waals surface area contributed by atoms with Crippen LogP contribution in [0.4, 0.5) is 5.82 Å². The molecule has 1 saturated heterocycles. The fraction of sp³-hybridized carbons (Fsp3) is 0.500. The van der Waals surface area contributed by atoms with E-state index in [0.29, 0.717) is 17.6 Å². The van der Waals surface area contributed by atoms with Crippen LogP contribution < -0.4 is 5.73 Å². The van der Waals surface area contributed by atoms with Crippen molar-refractivity contribution in [3.8, 4) is 0 Å². The first-order valence-corrected chi connectivity index (χ1v) is 6.46. The van der Waals surface area contributed by atoms with Crippen LogP contribution in [-0.2, 0) is 14.3 Å². The lowest BCUT2D eigenvalue weighted by molar-refractivity contribution is -0.152. The Morgan fingerprint density at radius 1 is 1.57 bits per heavy atom. The third-order valence-corrected chi connectivity index (χ3v) is 3.33. The van der Waals surface area contributed by atoms with Crippen molar-refractivity contribution < 1.29 is 19.4 Å². The van der Waals surface area contributed by atoms with E-state index in [-0.39, 0.29) is 12.4 Å². The second-order valence-corrected chi connectivity index (χ2v) is 4.80. The highest BCUT2D eigenvalue weighted by Gasteiger charge is 2.39. The van der Waals surface area contributed by atoms with Crippen LogP contribution in [0.2, 0.25) is 0 Å². The Morgan fingerprint density at radius 3 is 3.10 bits per heavy atom. The normalized spacial score (nSPS) is 25.3. The Kier molecular flexibility index (Phi) is 3.43. The van der Waals surface area contributed by atoms with Crippen LogP contribution in [0.15, 0.2) is 12.7 Å². The predicted molar refractivity (Wildman–Crippen MR) is 70.9 cm³/mol. The van der Waals surface area contributed by atoms with Gasteiger partial charge in [0.2, 0.25) is 0 Å². The number of aromatic nitrogens is 4. The summed E-state index contributed by atoms with van der Waals surface area (Å²) in [6.45, 7) is 1.17. The van der Waals surface area contributed by atoms with Crippen molar-refractivity contribution >= 4 is 23.0 Å². The fourth-order valence-corrected chi connectivity index (χ4v) is 2.45. The van der Waals surface area contributed by atoms with Gasteiger partial charge in [-0.15, -0.1) is 0 Å². The van der Waals surface area contributed by atoms with Gasteiger partial charge in [0.1, 0.15) is 17.9 Å². The number of rotatable bonds is 3. The van der Waals surface area contributed by atoms with Gasteiger partial charge in [-0.25, -0.2) is 15.0 Å². The van der Waals surface area contributed by atoms with Crippen LogP contribution in [0.5, 0.6) is 0 Å². The van der Waals surface area contributed by atoms with Gasteiger partial charge in [0.15, 0.2) is 17.7 Å². The number of nitrogens with two attached hydrogens (primary N) is 1. The third-order valence-electron chi connectivity index (χ3n) is 3.33. The van der Waals surface area contributed by atoms with E-state index in [1.165, 1.54) is 19.6 Å². The molecule has 1 aliphatic heterocycles. The smallest absolute Gasteiger partial charge is 0.303 e. The molecule has 9 nitrogen and oxygen atoms in total. The molecular weight excluding hydrogens is 278 g/mol. The second-order valence-electron chi connectivity index (χ2n) is 4.80. The summed E-state index contributed by atoms with van der Waals surface area (Å²) in [7, 11) is 0. The summed E-state index contributed by atoms with van der Waals surface area (Å²) in [5.41, 5.74) is 6.69. The Bertz CT molecular complexity index is 673. The zero-order valence-corrected chi connectivity index (χ0v) is 11.3. The summed E-state index contributed by atoms with van der Waals surface area (Å²) in [6, 6.07) is 0. The monoisotopic (exact) mass is 293 g/mol. The average Bonchev–Trinajstić information content (AvgIpc) is 3.02. The van der Waals surface area contributed by atoms with Gasteiger partial charge in [0.25, 0.3) is 0 Å². The number of imidazole rings is 1. The van der Waals surface area contributed by atoms with E-state index < -0.39 is 24.4 Å². The van der Waals surface area contributed by atoms with E-state index in [9.17, 15) is 9.90 Å². The maximum atomic E-state index is 11.2. The maximum absolute atomic E-state index is 11.2. The van der Waals surface area contributed by atoms with Crippen molar-refractivity contribution in [2.24, 2.45) is 0 Å². The number of aliphatic hydroxyl groups excluding tert-OH is 1. The van der Waals surface area contributed by atoms with Crippen LogP contribution in [0.3, 0.4) is 0 Å². The van der Waals surface area contributed by atoms with Gasteiger partial charge >= 0.3 is 5.97 Å². The van der Waals surface area contributed by atoms with E-state index >= 15 is 0 Å². The first-order valence-electron chi connectivity index (χ1n) is 6.46. The molecule has 0 spiro atoms. The molecule has 1 fully saturated rings. The molecule has 21 heavy (non-hydrogen) atoms. The molecule has 3 atom stereocenters. The molecule has 0 aromatic carbocycles. The van der Waals surface area contributed by atoms with Crippen molar-refractivity contribution in [2.75, 3.05) is 12.3 Å². The number of carbonyl (C=O) groups is 1. The van der Waals surface area contributed by atoms with Gasteiger partial charge in [0.05, 0.1) is 19.0 Å². The first kappa shape index (κ1) is 13.7. The number of esters is 1. The van der Waals surface area contributed by atoms with Crippen LogP contribution in [0, 0.1) is 0 Å². The van der Waals surface area contributed by atoms with Crippen LogP contribution in [-0.4, -0.2) is 49.4 Å². The molecular formula is C12H15N5O4. The number of fused-ring (bicyclic) bond motifs is 1. The standard InChI is InChI=1S/C12H15N5O4/c1-6(19)20-8-2-7(3-18)21-12(8)17-5-16-9-10(13)14-4-15-11(9)17/h4-5,7-8,12,18H,2-3H2,1H3,(H2,13,14,15)/t7-,8?,12+/m0/s1. The minimum atomic E-state index is -0.606. The molecule has 3 rings (SSSR count). The maximum Gasteiger partial charge on any atom is 0.303 e. The summed E-state index contributed by atoms with van der Waals surface area (Å²) in [6.07, 6.45) is 1.71. The minimum absolute atomic E-state index is 0.155. The average molecular weight is 293 g/mol. The molecule has 0 aliphatic carbocycles. The Morgan fingerprint density at radius 2 is 2.38 bits per heavy atom. The van der Waals surface area contributed by atoms with E-state index in [0.717, 1.165) is 0 Å². The molecule has 1 unspecified atom stereocenters. The molecule has 3 N–H and O–H groups in total.